The second-order valence-electron chi connectivity index (χ2n) is 3.84. The van der Waals surface area contributed by atoms with Crippen molar-refractivity contribution < 1.29 is 15.0 Å². The first-order valence-electron chi connectivity index (χ1n) is 5.09. The summed E-state index contributed by atoms with van der Waals surface area (Å²) in [6, 6.07) is 7.54. The van der Waals surface area contributed by atoms with Gasteiger partial charge in [0.15, 0.2) is 0 Å². The molecule has 2 rings (SSSR count). The Morgan fingerprint density at radius 1 is 1.25 bits per heavy atom. The Kier molecular flexibility index (Phi) is 2.56. The first kappa shape index (κ1) is 10.5. The van der Waals surface area contributed by atoms with Gasteiger partial charge in [-0.1, -0.05) is 17.7 Å². The predicted molar refractivity (Wildman–Crippen MR) is 60.4 cm³/mol. The largest absolute Gasteiger partial charge is 0.481 e. The third kappa shape index (κ3) is 1.74. The fraction of sp³-hybridized carbons (Fsp3) is 0.250. The van der Waals surface area contributed by atoms with E-state index in [1.54, 1.807) is 4.90 Å². The Bertz CT molecular complexity index is 444. The maximum atomic E-state index is 11.8. The number of aliphatic hydroxyl groups excluding tert-OH is 1. The van der Waals surface area contributed by atoms with E-state index in [0.29, 0.717) is 13.0 Å². The van der Waals surface area contributed by atoms with Crippen molar-refractivity contribution in [1.29, 1.82) is 0 Å². The average molecular weight is 219 g/mol. The molecule has 4 nitrogen and oxygen atoms in total. The number of aliphatic hydroxyl groups is 2. The molecule has 0 bridgehead atoms. The molecule has 1 aliphatic heterocycles. The van der Waals surface area contributed by atoms with E-state index in [9.17, 15) is 4.79 Å². The van der Waals surface area contributed by atoms with Crippen molar-refractivity contribution in [2.24, 2.45) is 0 Å². The van der Waals surface area contributed by atoms with Gasteiger partial charge in [0, 0.05) is 18.7 Å². The van der Waals surface area contributed by atoms with E-state index in [-0.39, 0.29) is 11.5 Å². The quantitative estimate of drug-likeness (QED) is 0.561. The summed E-state index contributed by atoms with van der Waals surface area (Å²) in [5.74, 6) is -1.19. The van der Waals surface area contributed by atoms with Crippen LogP contribution in [0.1, 0.15) is 12.0 Å². The predicted octanol–water partition coefficient (Wildman–Crippen LogP) is 2.06. The third-order valence-corrected chi connectivity index (χ3v) is 2.70. The highest BCUT2D eigenvalue weighted by Crippen LogP contribution is 2.25. The Balaban J connectivity index is 2.29. The molecule has 1 heterocycles. The standard InChI is InChI=1S/C12H13NO3/c1-8-2-4-9(5-3-8)13-7-6-10(11(13)14)12(15)16/h2-5,15-16H,6-7H2,1H3. The number of carbonyl (C=O) groups is 1. The van der Waals surface area contributed by atoms with E-state index in [2.05, 4.69) is 0 Å². The van der Waals surface area contributed by atoms with Gasteiger partial charge in [0.25, 0.3) is 11.9 Å². The molecule has 2 N–H and O–H groups in total. The van der Waals surface area contributed by atoms with Crippen LogP contribution in [0.2, 0.25) is 0 Å². The number of carbonyl (C=O) groups excluding carboxylic acids is 1. The van der Waals surface area contributed by atoms with Crippen LogP contribution < -0.4 is 4.90 Å². The van der Waals surface area contributed by atoms with Crippen molar-refractivity contribution >= 4 is 11.6 Å². The highest BCUT2D eigenvalue weighted by molar-refractivity contribution is 6.08. The summed E-state index contributed by atoms with van der Waals surface area (Å²) in [5.41, 5.74) is 1.99. The molecule has 1 aliphatic rings. The lowest BCUT2D eigenvalue weighted by Crippen LogP contribution is -2.24. The highest BCUT2D eigenvalue weighted by atomic mass is 16.5. The molecule has 84 valence electrons. The zero-order chi connectivity index (χ0) is 11.7. The summed E-state index contributed by atoms with van der Waals surface area (Å²) >= 11 is 0. The minimum atomic E-state index is -0.861. The fourth-order valence-electron chi connectivity index (χ4n) is 1.77. The van der Waals surface area contributed by atoms with Gasteiger partial charge in [-0.3, -0.25) is 4.79 Å². The minimum absolute atomic E-state index is 0.0839. The van der Waals surface area contributed by atoms with E-state index < -0.39 is 5.95 Å². The van der Waals surface area contributed by atoms with E-state index in [4.69, 9.17) is 10.2 Å². The molecule has 1 fully saturated rings. The van der Waals surface area contributed by atoms with Crippen LogP contribution in [0.25, 0.3) is 0 Å². The van der Waals surface area contributed by atoms with Crippen LogP contribution in [0.4, 0.5) is 5.69 Å². The lowest BCUT2D eigenvalue weighted by molar-refractivity contribution is -0.114. The highest BCUT2D eigenvalue weighted by Gasteiger charge is 2.30. The van der Waals surface area contributed by atoms with E-state index in [1.807, 2.05) is 31.2 Å². The molecule has 1 aromatic rings. The molecule has 0 unspecified atom stereocenters. The lowest BCUT2D eigenvalue weighted by atomic mass is 10.2. The summed E-state index contributed by atoms with van der Waals surface area (Å²) in [6.45, 7) is 2.46. The number of hydrogen-bond donors (Lipinski definition) is 2. The molecule has 0 saturated carbocycles. The van der Waals surface area contributed by atoms with Crippen LogP contribution in [0.5, 0.6) is 0 Å². The average Bonchev–Trinajstić information content (AvgIpc) is 2.61. The van der Waals surface area contributed by atoms with Crippen LogP contribution in [-0.4, -0.2) is 22.7 Å². The summed E-state index contributed by atoms with van der Waals surface area (Å²) in [5, 5.41) is 17.8. The zero-order valence-corrected chi connectivity index (χ0v) is 8.97. The van der Waals surface area contributed by atoms with Crippen LogP contribution in [-0.2, 0) is 4.79 Å². The van der Waals surface area contributed by atoms with Gasteiger partial charge in [0.1, 0.15) is 0 Å². The molecule has 1 amide bonds. The Hall–Kier alpha value is -1.97. The van der Waals surface area contributed by atoms with Crippen molar-refractivity contribution in [3.05, 3.63) is 41.3 Å². The number of nitrogens with zero attached hydrogens (tertiary/aromatic N) is 1. The molecule has 0 aromatic heterocycles. The number of amides is 1. The SMILES string of the molecule is Cc1ccc(N2CCC(=C(O)O)C2=O)cc1. The van der Waals surface area contributed by atoms with Crippen LogP contribution in [0.15, 0.2) is 35.8 Å². The summed E-state index contributed by atoms with van der Waals surface area (Å²) in [6.07, 6.45) is 0.370. The molecule has 0 radical (unpaired) electrons. The molecule has 16 heavy (non-hydrogen) atoms. The molecular formula is C12H13NO3. The van der Waals surface area contributed by atoms with Gasteiger partial charge in [-0.2, -0.15) is 0 Å². The van der Waals surface area contributed by atoms with Gasteiger partial charge in [-0.15, -0.1) is 0 Å². The first-order valence-corrected chi connectivity index (χ1v) is 5.09. The fourth-order valence-corrected chi connectivity index (χ4v) is 1.77. The molecule has 0 atom stereocenters. The molecule has 4 heteroatoms. The molecule has 1 aromatic carbocycles. The number of benzene rings is 1. The van der Waals surface area contributed by atoms with Crippen molar-refractivity contribution in [3.63, 3.8) is 0 Å². The van der Waals surface area contributed by atoms with Gasteiger partial charge in [-0.25, -0.2) is 0 Å². The smallest absolute Gasteiger partial charge is 0.283 e. The number of aryl methyl sites for hydroxylation is 1. The molecule has 0 aliphatic carbocycles. The van der Waals surface area contributed by atoms with Crippen molar-refractivity contribution in [2.75, 3.05) is 11.4 Å². The van der Waals surface area contributed by atoms with E-state index >= 15 is 0 Å². The lowest BCUT2D eigenvalue weighted by Gasteiger charge is -2.15. The third-order valence-electron chi connectivity index (χ3n) is 2.70. The van der Waals surface area contributed by atoms with Gasteiger partial charge in [-0.05, 0) is 19.1 Å². The van der Waals surface area contributed by atoms with Crippen LogP contribution >= 0.6 is 0 Å². The monoisotopic (exact) mass is 219 g/mol. The molecule has 0 spiro atoms. The van der Waals surface area contributed by atoms with E-state index in [1.165, 1.54) is 0 Å². The maximum absolute atomic E-state index is 11.8. The summed E-state index contributed by atoms with van der Waals surface area (Å²) < 4.78 is 0. The van der Waals surface area contributed by atoms with Crippen molar-refractivity contribution in [2.45, 2.75) is 13.3 Å². The molecule has 1 saturated heterocycles. The van der Waals surface area contributed by atoms with Gasteiger partial charge in [0.2, 0.25) is 0 Å². The van der Waals surface area contributed by atoms with Crippen LogP contribution in [0.3, 0.4) is 0 Å². The normalized spacial score (nSPS) is 15.7. The van der Waals surface area contributed by atoms with E-state index in [0.717, 1.165) is 11.3 Å². The van der Waals surface area contributed by atoms with Gasteiger partial charge in [0.05, 0.1) is 5.57 Å². The summed E-state index contributed by atoms with van der Waals surface area (Å²) in [7, 11) is 0. The Morgan fingerprint density at radius 3 is 2.38 bits per heavy atom. The van der Waals surface area contributed by atoms with Gasteiger partial charge < -0.3 is 15.1 Å². The zero-order valence-electron chi connectivity index (χ0n) is 8.97. The number of rotatable bonds is 1. The van der Waals surface area contributed by atoms with Crippen LogP contribution in [0, 0.1) is 6.92 Å². The topological polar surface area (TPSA) is 60.8 Å². The second-order valence-corrected chi connectivity index (χ2v) is 3.84. The van der Waals surface area contributed by atoms with Crippen molar-refractivity contribution in [1.82, 2.24) is 0 Å². The first-order chi connectivity index (χ1) is 7.59. The Labute approximate surface area is 93.4 Å². The Morgan fingerprint density at radius 2 is 1.88 bits per heavy atom. The number of anilines is 1. The maximum Gasteiger partial charge on any atom is 0.283 e. The minimum Gasteiger partial charge on any atom is -0.481 e. The van der Waals surface area contributed by atoms with Gasteiger partial charge >= 0.3 is 0 Å². The number of hydrogen-bond acceptors (Lipinski definition) is 3. The van der Waals surface area contributed by atoms with Crippen molar-refractivity contribution in [3.8, 4) is 0 Å². The second kappa shape index (κ2) is 3.89. The molecular weight excluding hydrogens is 206 g/mol. The summed E-state index contributed by atoms with van der Waals surface area (Å²) in [4.78, 5) is 13.3.